The Labute approximate surface area is 327 Å². The second kappa shape index (κ2) is 40.6. The zero-order chi connectivity index (χ0) is 38.9. The number of amides is 1. The van der Waals surface area contributed by atoms with Crippen molar-refractivity contribution in [3.8, 4) is 0 Å². The van der Waals surface area contributed by atoms with Gasteiger partial charge in [0, 0.05) is 13.0 Å². The molecule has 0 aromatic heterocycles. The topological polar surface area (TPSA) is 131 Å². The Kier molecular flexibility index (Phi) is 39.9. The second-order valence-electron chi connectivity index (χ2n) is 15.3. The van der Waals surface area contributed by atoms with Crippen LogP contribution in [0.1, 0.15) is 219 Å². The number of carbonyl (C=O) groups is 1. The summed E-state index contributed by atoms with van der Waals surface area (Å²) in [6, 6.07) is -0.780. The van der Waals surface area contributed by atoms with Gasteiger partial charge in [-0.1, -0.05) is 199 Å². The molecule has 0 aliphatic rings. The van der Waals surface area contributed by atoms with Gasteiger partial charge in [0.1, 0.15) is 0 Å². The van der Waals surface area contributed by atoms with Crippen molar-refractivity contribution in [1.29, 1.82) is 0 Å². The molecule has 1 amide bonds. The number of rotatable bonds is 42. The van der Waals surface area contributed by atoms with Crippen molar-refractivity contribution in [3.05, 3.63) is 24.3 Å². The van der Waals surface area contributed by atoms with E-state index in [2.05, 4.69) is 43.5 Å². The summed E-state index contributed by atoms with van der Waals surface area (Å²) < 4.78 is 22.2. The zero-order valence-electron chi connectivity index (χ0n) is 34.8. The Morgan fingerprint density at radius 3 is 1.55 bits per heavy atom. The Bertz CT molecular complexity index is 886. The quantitative estimate of drug-likeness (QED) is 0.0276. The molecule has 0 aliphatic carbocycles. The maximum atomic E-state index is 12.8. The Hall–Kier alpha value is -1.02. The number of carbonyl (C=O) groups excluding carboxylic acids is 1. The number of hydrogen-bond acceptors (Lipinski definition) is 6. The highest BCUT2D eigenvalue weighted by Gasteiger charge is 2.27. The van der Waals surface area contributed by atoms with E-state index in [1.54, 1.807) is 0 Å². The number of unbranched alkanes of at least 4 members (excludes halogenated alkanes) is 26. The average Bonchev–Trinajstić information content (AvgIpc) is 3.14. The molecule has 314 valence electrons. The molecule has 0 aromatic rings. The highest BCUT2D eigenvalue weighted by atomic mass is 31.2. The van der Waals surface area contributed by atoms with Gasteiger partial charge in [0.05, 0.1) is 25.4 Å². The van der Waals surface area contributed by atoms with Crippen LogP contribution in [0.3, 0.4) is 0 Å². The van der Waals surface area contributed by atoms with Crippen LogP contribution in [0.15, 0.2) is 24.3 Å². The lowest BCUT2D eigenvalue weighted by molar-refractivity contribution is -0.123. The Morgan fingerprint density at radius 2 is 1.06 bits per heavy atom. The highest BCUT2D eigenvalue weighted by molar-refractivity contribution is 7.47. The number of aliphatic hydroxyl groups is 1. The first-order valence-corrected chi connectivity index (χ1v) is 23.9. The lowest BCUT2D eigenvalue weighted by Crippen LogP contribution is -2.46. The average molecular weight is 771 g/mol. The molecule has 0 radical (unpaired) electrons. The van der Waals surface area contributed by atoms with Gasteiger partial charge in [-0.2, -0.15) is 0 Å². The van der Waals surface area contributed by atoms with Crippen LogP contribution in [0, 0.1) is 0 Å². The van der Waals surface area contributed by atoms with Crippen LogP contribution in [0.25, 0.3) is 0 Å². The number of aliphatic hydroxyl groups excluding tert-OH is 1. The summed E-state index contributed by atoms with van der Waals surface area (Å²) in [6.45, 7) is 4.17. The van der Waals surface area contributed by atoms with E-state index in [0.29, 0.717) is 12.8 Å². The molecule has 0 saturated carbocycles. The summed E-state index contributed by atoms with van der Waals surface area (Å²) in [5, 5.41) is 13.8. The molecule has 0 aromatic carbocycles. The summed E-state index contributed by atoms with van der Waals surface area (Å²) >= 11 is 0. The van der Waals surface area contributed by atoms with Gasteiger partial charge in [0.2, 0.25) is 5.91 Å². The van der Waals surface area contributed by atoms with E-state index >= 15 is 0 Å². The molecule has 3 unspecified atom stereocenters. The van der Waals surface area contributed by atoms with Gasteiger partial charge >= 0.3 is 7.82 Å². The van der Waals surface area contributed by atoms with Gasteiger partial charge in [-0.3, -0.25) is 13.8 Å². The summed E-state index contributed by atoms with van der Waals surface area (Å²) in [5.41, 5.74) is 5.38. The van der Waals surface area contributed by atoms with Crippen LogP contribution < -0.4 is 11.1 Å². The third kappa shape index (κ3) is 39.0. The van der Waals surface area contributed by atoms with Crippen LogP contribution in [-0.4, -0.2) is 47.8 Å². The Morgan fingerprint density at radius 1 is 0.623 bits per heavy atom. The zero-order valence-corrected chi connectivity index (χ0v) is 35.7. The number of hydrogen-bond donors (Lipinski definition) is 4. The first kappa shape index (κ1) is 52.0. The first-order valence-electron chi connectivity index (χ1n) is 22.5. The van der Waals surface area contributed by atoms with Crippen molar-refractivity contribution < 1.29 is 28.4 Å². The molecule has 9 heteroatoms. The molecule has 3 atom stereocenters. The summed E-state index contributed by atoms with van der Waals surface area (Å²) in [6.07, 6.45) is 46.2. The highest BCUT2D eigenvalue weighted by Crippen LogP contribution is 2.43. The molecule has 0 saturated heterocycles. The van der Waals surface area contributed by atoms with Gasteiger partial charge in [0.25, 0.3) is 0 Å². The normalized spacial score (nSPS) is 14.3. The van der Waals surface area contributed by atoms with E-state index in [9.17, 15) is 19.4 Å². The maximum absolute atomic E-state index is 12.8. The van der Waals surface area contributed by atoms with E-state index in [1.807, 2.05) is 0 Å². The lowest BCUT2D eigenvalue weighted by atomic mass is 10.0. The van der Waals surface area contributed by atoms with Crippen LogP contribution in [-0.2, 0) is 18.4 Å². The fourth-order valence-electron chi connectivity index (χ4n) is 6.62. The van der Waals surface area contributed by atoms with E-state index < -0.39 is 20.0 Å². The second-order valence-corrected chi connectivity index (χ2v) is 16.7. The predicted octanol–water partition coefficient (Wildman–Crippen LogP) is 12.6. The van der Waals surface area contributed by atoms with Gasteiger partial charge in [0.15, 0.2) is 0 Å². The Balaban J connectivity index is 4.12. The lowest BCUT2D eigenvalue weighted by Gasteiger charge is -2.25. The minimum absolute atomic E-state index is 0.0869. The van der Waals surface area contributed by atoms with E-state index in [0.717, 1.165) is 64.2 Å². The molecule has 0 rings (SSSR count). The smallest absolute Gasteiger partial charge is 0.391 e. The van der Waals surface area contributed by atoms with Crippen LogP contribution >= 0.6 is 7.82 Å². The SMILES string of the molecule is CCCC/C=C\C/C=C\CCCCCCCC(=O)NC(COP(=O)(O)OCCN)C(O)CCCCCCCCCCCCCCCCCCCCCC. The summed E-state index contributed by atoms with van der Waals surface area (Å²) in [4.78, 5) is 22.7. The predicted molar refractivity (Wildman–Crippen MR) is 226 cm³/mol. The fraction of sp³-hybridized carbons (Fsp3) is 0.886. The molecular weight excluding hydrogens is 683 g/mol. The monoisotopic (exact) mass is 771 g/mol. The third-order valence-corrected chi connectivity index (χ3v) is 11.0. The molecule has 0 bridgehead atoms. The minimum atomic E-state index is -4.32. The summed E-state index contributed by atoms with van der Waals surface area (Å²) in [5.74, 6) is -0.174. The maximum Gasteiger partial charge on any atom is 0.472 e. The van der Waals surface area contributed by atoms with Crippen molar-refractivity contribution in [2.75, 3.05) is 19.8 Å². The van der Waals surface area contributed by atoms with E-state index in [-0.39, 0.29) is 25.7 Å². The van der Waals surface area contributed by atoms with Crippen LogP contribution in [0.4, 0.5) is 0 Å². The summed E-state index contributed by atoms with van der Waals surface area (Å²) in [7, 11) is -4.32. The van der Waals surface area contributed by atoms with Crippen LogP contribution in [0.2, 0.25) is 0 Å². The van der Waals surface area contributed by atoms with Crippen molar-refractivity contribution >= 4 is 13.7 Å². The first-order chi connectivity index (χ1) is 25.9. The van der Waals surface area contributed by atoms with Crippen molar-refractivity contribution in [1.82, 2.24) is 5.32 Å². The molecule has 0 fully saturated rings. The molecule has 8 nitrogen and oxygen atoms in total. The number of phosphoric acid groups is 1. The molecule has 5 N–H and O–H groups in total. The van der Waals surface area contributed by atoms with Gasteiger partial charge < -0.3 is 21.1 Å². The fourth-order valence-corrected chi connectivity index (χ4v) is 7.38. The number of phosphoric ester groups is 1. The standard InChI is InChI=1S/C44H87N2O6P/c1-3-5-7-9-11-13-15-17-19-20-21-22-23-24-25-27-29-31-33-35-37-43(47)42(41-52-53(49,50)51-40-39-45)46-44(48)38-36-34-32-30-28-26-18-16-14-12-10-8-6-4-2/h10,12,16,18,42-43,47H,3-9,11,13-15,17,19-41,45H2,1-2H3,(H,46,48)(H,49,50)/b12-10-,18-16-. The molecular formula is C44H87N2O6P. The largest absolute Gasteiger partial charge is 0.472 e. The third-order valence-electron chi connectivity index (χ3n) is 10.1. The number of allylic oxidation sites excluding steroid dienone is 4. The minimum Gasteiger partial charge on any atom is -0.391 e. The van der Waals surface area contributed by atoms with Crippen LogP contribution in [0.5, 0.6) is 0 Å². The number of nitrogens with one attached hydrogen (secondary N) is 1. The molecule has 0 aliphatic heterocycles. The van der Waals surface area contributed by atoms with Crippen molar-refractivity contribution in [3.63, 3.8) is 0 Å². The van der Waals surface area contributed by atoms with Crippen molar-refractivity contribution in [2.45, 2.75) is 231 Å². The molecule has 0 heterocycles. The van der Waals surface area contributed by atoms with E-state index in [1.165, 1.54) is 128 Å². The molecule has 0 spiro atoms. The van der Waals surface area contributed by atoms with Gasteiger partial charge in [-0.15, -0.1) is 0 Å². The van der Waals surface area contributed by atoms with Gasteiger partial charge in [-0.25, -0.2) is 4.57 Å². The van der Waals surface area contributed by atoms with Crippen molar-refractivity contribution in [2.24, 2.45) is 5.73 Å². The number of nitrogens with two attached hydrogens (primary N) is 1. The van der Waals surface area contributed by atoms with E-state index in [4.69, 9.17) is 14.8 Å². The molecule has 53 heavy (non-hydrogen) atoms. The van der Waals surface area contributed by atoms with Gasteiger partial charge in [-0.05, 0) is 38.5 Å².